The summed E-state index contributed by atoms with van der Waals surface area (Å²) in [6.45, 7) is 2.00. The van der Waals surface area contributed by atoms with Crippen LogP contribution in [0.5, 0.6) is 0 Å². The summed E-state index contributed by atoms with van der Waals surface area (Å²) < 4.78 is 5.38. The number of carbonyl (C=O) groups is 2. The van der Waals surface area contributed by atoms with Crippen molar-refractivity contribution < 1.29 is 14.3 Å². The van der Waals surface area contributed by atoms with Gasteiger partial charge < -0.3 is 10.1 Å². The molecule has 0 atom stereocenters. The molecule has 3 aromatic carbocycles. The molecule has 32 heavy (non-hydrogen) atoms. The van der Waals surface area contributed by atoms with Gasteiger partial charge in [0.25, 0.3) is 0 Å². The van der Waals surface area contributed by atoms with Crippen LogP contribution >= 0.6 is 11.3 Å². The van der Waals surface area contributed by atoms with E-state index in [1.807, 2.05) is 78.9 Å². The van der Waals surface area contributed by atoms with Gasteiger partial charge in [-0.3, -0.25) is 5.32 Å². The monoisotopic (exact) mass is 442 g/mol. The van der Waals surface area contributed by atoms with Crippen LogP contribution in [0.4, 0.5) is 15.5 Å². The normalized spacial score (nSPS) is 10.4. The van der Waals surface area contributed by atoms with Crippen LogP contribution < -0.4 is 10.6 Å². The largest absolute Gasteiger partial charge is 0.462 e. The van der Waals surface area contributed by atoms with E-state index in [4.69, 9.17) is 4.74 Å². The van der Waals surface area contributed by atoms with Gasteiger partial charge in [-0.25, -0.2) is 9.59 Å². The Labute approximate surface area is 190 Å². The highest BCUT2D eigenvalue weighted by Crippen LogP contribution is 2.46. The molecule has 0 saturated carbocycles. The van der Waals surface area contributed by atoms with Crippen molar-refractivity contribution in [2.45, 2.75) is 6.92 Å². The molecular formula is C26H22N2O3S. The Hall–Kier alpha value is -3.90. The average molecular weight is 443 g/mol. The summed E-state index contributed by atoms with van der Waals surface area (Å²) in [5.74, 6) is -0.472. The van der Waals surface area contributed by atoms with Crippen LogP contribution in [0.15, 0.2) is 91.0 Å². The van der Waals surface area contributed by atoms with Crippen LogP contribution in [0.1, 0.15) is 17.3 Å². The van der Waals surface area contributed by atoms with Crippen molar-refractivity contribution in [2.75, 3.05) is 17.2 Å². The van der Waals surface area contributed by atoms with Crippen molar-refractivity contribution in [1.82, 2.24) is 0 Å². The van der Waals surface area contributed by atoms with Crippen molar-refractivity contribution in [3.05, 3.63) is 96.6 Å². The van der Waals surface area contributed by atoms with Crippen LogP contribution in [0.25, 0.3) is 21.6 Å². The molecule has 0 aliphatic carbocycles. The van der Waals surface area contributed by atoms with Crippen molar-refractivity contribution in [3.63, 3.8) is 0 Å². The van der Waals surface area contributed by atoms with Crippen LogP contribution in [0, 0.1) is 0 Å². The van der Waals surface area contributed by atoms with Gasteiger partial charge in [-0.05, 0) is 30.2 Å². The second-order valence-corrected chi connectivity index (χ2v) is 7.93. The number of hydrogen-bond acceptors (Lipinski definition) is 4. The number of hydrogen-bond donors (Lipinski definition) is 2. The van der Waals surface area contributed by atoms with E-state index in [1.165, 1.54) is 11.3 Å². The Kier molecular flexibility index (Phi) is 6.63. The van der Waals surface area contributed by atoms with Crippen LogP contribution in [-0.4, -0.2) is 18.6 Å². The number of para-hydroxylation sites is 1. The number of anilines is 2. The lowest BCUT2D eigenvalue weighted by Crippen LogP contribution is -2.20. The molecule has 2 amide bonds. The lowest BCUT2D eigenvalue weighted by Gasteiger charge is -2.10. The number of esters is 1. The quantitative estimate of drug-likeness (QED) is 0.319. The van der Waals surface area contributed by atoms with Gasteiger partial charge in [-0.2, -0.15) is 0 Å². The third kappa shape index (κ3) is 4.71. The maximum absolute atomic E-state index is 13.1. The predicted molar refractivity (Wildman–Crippen MR) is 130 cm³/mol. The molecule has 0 bridgehead atoms. The fraction of sp³-hybridized carbons (Fsp3) is 0.0769. The van der Waals surface area contributed by atoms with Crippen molar-refractivity contribution >= 4 is 34.0 Å². The minimum atomic E-state index is -0.472. The number of nitrogens with one attached hydrogen (secondary N) is 2. The molecule has 0 spiro atoms. The van der Waals surface area contributed by atoms with Crippen LogP contribution in [-0.2, 0) is 4.74 Å². The molecule has 160 valence electrons. The highest BCUT2D eigenvalue weighted by molar-refractivity contribution is 7.20. The molecule has 5 nitrogen and oxygen atoms in total. The number of amides is 2. The standard InChI is InChI=1S/C26H22N2O3S/c1-2-31-25(29)22-21(18-12-6-3-7-13-18)23(19-14-8-4-9-15-19)32-24(22)28-26(30)27-20-16-10-5-11-17-20/h3-17H,2H2,1H3,(H2,27,28,30). The van der Waals surface area contributed by atoms with Gasteiger partial charge >= 0.3 is 12.0 Å². The van der Waals surface area contributed by atoms with E-state index in [1.54, 1.807) is 19.1 Å². The number of rotatable bonds is 6. The maximum atomic E-state index is 13.1. The van der Waals surface area contributed by atoms with E-state index in [9.17, 15) is 9.59 Å². The average Bonchev–Trinajstić information content (AvgIpc) is 3.20. The summed E-state index contributed by atoms with van der Waals surface area (Å²) in [4.78, 5) is 26.7. The van der Waals surface area contributed by atoms with Gasteiger partial charge in [0.1, 0.15) is 10.6 Å². The Morgan fingerprint density at radius 2 is 1.34 bits per heavy atom. The molecule has 1 heterocycles. The van der Waals surface area contributed by atoms with Crippen molar-refractivity contribution in [3.8, 4) is 21.6 Å². The fourth-order valence-corrected chi connectivity index (χ4v) is 4.59. The lowest BCUT2D eigenvalue weighted by atomic mass is 9.98. The summed E-state index contributed by atoms with van der Waals surface area (Å²) >= 11 is 1.35. The van der Waals surface area contributed by atoms with E-state index < -0.39 is 12.0 Å². The molecule has 0 aliphatic heterocycles. The topological polar surface area (TPSA) is 67.4 Å². The van der Waals surface area contributed by atoms with E-state index in [-0.39, 0.29) is 6.61 Å². The summed E-state index contributed by atoms with van der Waals surface area (Å²) in [5, 5.41) is 6.11. The second kappa shape index (κ2) is 9.94. The molecular weight excluding hydrogens is 420 g/mol. The molecule has 4 rings (SSSR count). The van der Waals surface area contributed by atoms with Gasteiger partial charge in [0, 0.05) is 16.1 Å². The molecule has 2 N–H and O–H groups in total. The first-order valence-corrected chi connectivity index (χ1v) is 11.1. The van der Waals surface area contributed by atoms with Gasteiger partial charge in [0.2, 0.25) is 0 Å². The lowest BCUT2D eigenvalue weighted by molar-refractivity contribution is 0.0529. The number of benzene rings is 3. The molecule has 0 unspecified atom stereocenters. The number of ether oxygens (including phenoxy) is 1. The molecule has 0 saturated heterocycles. The summed E-state index contributed by atoms with van der Waals surface area (Å²) in [6, 6.07) is 28.2. The minimum Gasteiger partial charge on any atom is -0.462 e. The Balaban J connectivity index is 1.82. The highest BCUT2D eigenvalue weighted by atomic mass is 32.1. The van der Waals surface area contributed by atoms with Gasteiger partial charge in [-0.1, -0.05) is 78.9 Å². The molecule has 0 fully saturated rings. The first-order chi connectivity index (χ1) is 15.7. The van der Waals surface area contributed by atoms with Crippen LogP contribution in [0.2, 0.25) is 0 Å². The zero-order chi connectivity index (χ0) is 22.3. The maximum Gasteiger partial charge on any atom is 0.341 e. The third-order valence-electron chi connectivity index (χ3n) is 4.74. The zero-order valence-corrected chi connectivity index (χ0v) is 18.3. The van der Waals surface area contributed by atoms with Gasteiger partial charge in [-0.15, -0.1) is 11.3 Å². The van der Waals surface area contributed by atoms with Crippen molar-refractivity contribution in [1.29, 1.82) is 0 Å². The van der Waals surface area contributed by atoms with E-state index >= 15 is 0 Å². The molecule has 6 heteroatoms. The third-order valence-corrected chi connectivity index (χ3v) is 5.90. The predicted octanol–water partition coefficient (Wildman–Crippen LogP) is 6.90. The Bertz CT molecular complexity index is 1210. The van der Waals surface area contributed by atoms with Gasteiger partial charge in [0.05, 0.1) is 6.61 Å². The molecule has 1 aromatic heterocycles. The molecule has 0 radical (unpaired) electrons. The highest BCUT2D eigenvalue weighted by Gasteiger charge is 2.27. The minimum absolute atomic E-state index is 0.235. The molecule has 0 aliphatic rings. The zero-order valence-electron chi connectivity index (χ0n) is 17.5. The second-order valence-electron chi connectivity index (χ2n) is 6.91. The summed E-state index contributed by atoms with van der Waals surface area (Å²) in [6.07, 6.45) is 0. The number of thiophene rings is 1. The van der Waals surface area contributed by atoms with Crippen LogP contribution in [0.3, 0.4) is 0 Å². The van der Waals surface area contributed by atoms with E-state index in [2.05, 4.69) is 10.6 Å². The number of urea groups is 1. The Morgan fingerprint density at radius 1 is 0.781 bits per heavy atom. The fourth-order valence-electron chi connectivity index (χ4n) is 3.38. The molecule has 4 aromatic rings. The van der Waals surface area contributed by atoms with Gasteiger partial charge in [0.15, 0.2) is 0 Å². The van der Waals surface area contributed by atoms with Crippen molar-refractivity contribution in [2.24, 2.45) is 0 Å². The first-order valence-electron chi connectivity index (χ1n) is 10.2. The summed E-state index contributed by atoms with van der Waals surface area (Å²) in [5.41, 5.74) is 3.59. The SMILES string of the molecule is CCOC(=O)c1c(NC(=O)Nc2ccccc2)sc(-c2ccccc2)c1-c1ccccc1. The summed E-state index contributed by atoms with van der Waals surface area (Å²) in [7, 11) is 0. The number of carbonyl (C=O) groups excluding carboxylic acids is 2. The smallest absolute Gasteiger partial charge is 0.341 e. The first kappa shape index (κ1) is 21.3. The Morgan fingerprint density at radius 3 is 1.94 bits per heavy atom. The van der Waals surface area contributed by atoms with E-state index in [0.717, 1.165) is 21.6 Å². The van der Waals surface area contributed by atoms with E-state index in [0.29, 0.717) is 16.3 Å².